The van der Waals surface area contributed by atoms with Crippen molar-refractivity contribution in [3.8, 4) is 0 Å². The van der Waals surface area contributed by atoms with Crippen molar-refractivity contribution in [1.29, 1.82) is 0 Å². The Morgan fingerprint density at radius 2 is 1.95 bits per heavy atom. The maximum atomic E-state index is 11.5. The quantitative estimate of drug-likeness (QED) is 0.759. The van der Waals surface area contributed by atoms with Crippen LogP contribution in [-0.2, 0) is 19.5 Å². The Balaban J connectivity index is 1.76. The molecule has 0 radical (unpaired) electrons. The minimum absolute atomic E-state index is 0.114. The molecule has 3 unspecified atom stereocenters. The number of nitrogens with zero attached hydrogens (tertiary/aromatic N) is 1. The van der Waals surface area contributed by atoms with Crippen molar-refractivity contribution in [1.82, 2.24) is 9.62 Å². The lowest BCUT2D eigenvalue weighted by atomic mass is 9.84. The standard InChI is InChI=1S/C13H26N2O4S/c1-4-19-12-9-11(13(12)18-2)14-10-5-7-15(8-6-10)20(3,16)17/h10-14H,4-9H2,1-3H3. The molecule has 0 aromatic carbocycles. The predicted octanol–water partition coefficient (Wildman–Crippen LogP) is 0.192. The van der Waals surface area contributed by atoms with Gasteiger partial charge in [-0.1, -0.05) is 0 Å². The van der Waals surface area contributed by atoms with Crippen LogP contribution < -0.4 is 5.32 Å². The fraction of sp³-hybridized carbons (Fsp3) is 1.00. The van der Waals surface area contributed by atoms with E-state index in [1.54, 1.807) is 11.4 Å². The van der Waals surface area contributed by atoms with Gasteiger partial charge in [0.25, 0.3) is 0 Å². The van der Waals surface area contributed by atoms with Gasteiger partial charge in [0.05, 0.1) is 18.5 Å². The van der Waals surface area contributed by atoms with Gasteiger partial charge in [0, 0.05) is 38.9 Å². The van der Waals surface area contributed by atoms with Crippen molar-refractivity contribution in [2.45, 2.75) is 50.5 Å². The van der Waals surface area contributed by atoms with Crippen LogP contribution in [-0.4, -0.2) is 70.1 Å². The van der Waals surface area contributed by atoms with Gasteiger partial charge in [-0.3, -0.25) is 0 Å². The molecule has 0 spiro atoms. The molecule has 1 saturated carbocycles. The van der Waals surface area contributed by atoms with Gasteiger partial charge in [-0.05, 0) is 26.2 Å². The molecule has 6 nitrogen and oxygen atoms in total. The van der Waals surface area contributed by atoms with E-state index in [9.17, 15) is 8.42 Å². The highest BCUT2D eigenvalue weighted by Crippen LogP contribution is 2.28. The molecular weight excluding hydrogens is 280 g/mol. The Hall–Kier alpha value is -0.210. The zero-order valence-electron chi connectivity index (χ0n) is 12.5. The maximum absolute atomic E-state index is 11.5. The lowest BCUT2D eigenvalue weighted by Gasteiger charge is -2.46. The lowest BCUT2D eigenvalue weighted by Crippen LogP contribution is -2.62. The van der Waals surface area contributed by atoms with E-state index in [0.29, 0.717) is 31.8 Å². The van der Waals surface area contributed by atoms with Gasteiger partial charge in [-0.2, -0.15) is 0 Å². The number of hydrogen-bond acceptors (Lipinski definition) is 5. The Morgan fingerprint density at radius 1 is 1.30 bits per heavy atom. The van der Waals surface area contributed by atoms with Crippen molar-refractivity contribution < 1.29 is 17.9 Å². The molecule has 0 aromatic rings. The smallest absolute Gasteiger partial charge is 0.211 e. The van der Waals surface area contributed by atoms with Crippen LogP contribution in [0.5, 0.6) is 0 Å². The van der Waals surface area contributed by atoms with Crippen LogP contribution in [0.3, 0.4) is 0 Å². The number of nitrogens with one attached hydrogen (secondary N) is 1. The van der Waals surface area contributed by atoms with Gasteiger partial charge in [0.1, 0.15) is 0 Å². The summed E-state index contributed by atoms with van der Waals surface area (Å²) >= 11 is 0. The number of piperidine rings is 1. The molecule has 0 bridgehead atoms. The van der Waals surface area contributed by atoms with Crippen molar-refractivity contribution in [3.63, 3.8) is 0 Å². The first kappa shape index (κ1) is 16.2. The third kappa shape index (κ3) is 3.71. The summed E-state index contributed by atoms with van der Waals surface area (Å²) in [6, 6.07) is 0.699. The molecule has 1 aliphatic heterocycles. The average molecular weight is 306 g/mol. The second-order valence-corrected chi connectivity index (χ2v) is 7.62. The normalized spacial score (nSPS) is 33.0. The summed E-state index contributed by atoms with van der Waals surface area (Å²) in [6.45, 7) is 3.92. The number of sulfonamides is 1. The van der Waals surface area contributed by atoms with E-state index in [1.165, 1.54) is 6.26 Å². The highest BCUT2D eigenvalue weighted by Gasteiger charge is 2.43. The Kier molecular flexibility index (Phi) is 5.42. The van der Waals surface area contributed by atoms with E-state index < -0.39 is 10.0 Å². The van der Waals surface area contributed by atoms with Gasteiger partial charge in [0.2, 0.25) is 10.0 Å². The second kappa shape index (κ2) is 6.70. The number of ether oxygens (including phenoxy) is 2. The van der Waals surface area contributed by atoms with Crippen LogP contribution in [0.2, 0.25) is 0 Å². The molecule has 20 heavy (non-hydrogen) atoms. The Labute approximate surface area is 121 Å². The number of rotatable bonds is 6. The van der Waals surface area contributed by atoms with Crippen molar-refractivity contribution >= 4 is 10.0 Å². The minimum atomic E-state index is -3.04. The molecule has 1 N–H and O–H groups in total. The largest absolute Gasteiger partial charge is 0.377 e. The first-order chi connectivity index (χ1) is 9.45. The average Bonchev–Trinajstić information content (AvgIpc) is 2.37. The van der Waals surface area contributed by atoms with Crippen LogP contribution in [0.4, 0.5) is 0 Å². The predicted molar refractivity (Wildman–Crippen MR) is 77.2 cm³/mol. The summed E-state index contributed by atoms with van der Waals surface area (Å²) in [5.41, 5.74) is 0. The topological polar surface area (TPSA) is 67.9 Å². The van der Waals surface area contributed by atoms with E-state index >= 15 is 0 Å². The molecule has 1 aliphatic carbocycles. The third-order valence-electron chi connectivity index (χ3n) is 4.27. The van der Waals surface area contributed by atoms with Crippen LogP contribution in [0.15, 0.2) is 0 Å². The minimum Gasteiger partial charge on any atom is -0.377 e. The third-order valence-corrected chi connectivity index (χ3v) is 5.58. The van der Waals surface area contributed by atoms with Crippen LogP contribution >= 0.6 is 0 Å². The van der Waals surface area contributed by atoms with Crippen molar-refractivity contribution in [2.75, 3.05) is 33.1 Å². The summed E-state index contributed by atoms with van der Waals surface area (Å²) in [4.78, 5) is 0. The van der Waals surface area contributed by atoms with Crippen LogP contribution in [0.1, 0.15) is 26.2 Å². The SMILES string of the molecule is CCOC1CC(NC2CCN(S(C)(=O)=O)CC2)C1OC. The van der Waals surface area contributed by atoms with Crippen molar-refractivity contribution in [2.24, 2.45) is 0 Å². The van der Waals surface area contributed by atoms with Gasteiger partial charge in [0.15, 0.2) is 0 Å². The first-order valence-electron chi connectivity index (χ1n) is 7.31. The monoisotopic (exact) mass is 306 g/mol. The Morgan fingerprint density at radius 3 is 2.45 bits per heavy atom. The zero-order chi connectivity index (χ0) is 14.8. The fourth-order valence-corrected chi connectivity index (χ4v) is 3.97. The highest BCUT2D eigenvalue weighted by molar-refractivity contribution is 7.88. The van der Waals surface area contributed by atoms with Gasteiger partial charge >= 0.3 is 0 Å². The molecule has 7 heteroatoms. The Bertz CT molecular complexity index is 407. The molecule has 2 aliphatic rings. The van der Waals surface area contributed by atoms with E-state index in [1.807, 2.05) is 6.92 Å². The van der Waals surface area contributed by atoms with Gasteiger partial charge in [-0.15, -0.1) is 0 Å². The fourth-order valence-electron chi connectivity index (χ4n) is 3.09. The van der Waals surface area contributed by atoms with E-state index in [2.05, 4.69) is 5.32 Å². The molecule has 118 valence electrons. The van der Waals surface area contributed by atoms with Crippen LogP contribution in [0, 0.1) is 0 Å². The summed E-state index contributed by atoms with van der Waals surface area (Å²) in [7, 11) is -1.32. The summed E-state index contributed by atoms with van der Waals surface area (Å²) in [5, 5.41) is 3.59. The zero-order valence-corrected chi connectivity index (χ0v) is 13.4. The summed E-state index contributed by atoms with van der Waals surface area (Å²) < 4.78 is 35.6. The van der Waals surface area contributed by atoms with Gasteiger partial charge in [-0.25, -0.2) is 12.7 Å². The van der Waals surface area contributed by atoms with E-state index in [-0.39, 0.29) is 12.2 Å². The molecule has 0 aromatic heterocycles. The lowest BCUT2D eigenvalue weighted by molar-refractivity contribution is -0.133. The van der Waals surface area contributed by atoms with E-state index in [0.717, 1.165) is 19.3 Å². The molecule has 3 atom stereocenters. The summed E-state index contributed by atoms with van der Waals surface area (Å²) in [5.74, 6) is 0. The van der Waals surface area contributed by atoms with Crippen LogP contribution in [0.25, 0.3) is 0 Å². The van der Waals surface area contributed by atoms with Gasteiger partial charge < -0.3 is 14.8 Å². The van der Waals surface area contributed by atoms with E-state index in [4.69, 9.17) is 9.47 Å². The molecule has 1 heterocycles. The molecular formula is C13H26N2O4S. The number of methoxy groups -OCH3 is 1. The first-order valence-corrected chi connectivity index (χ1v) is 9.16. The second-order valence-electron chi connectivity index (χ2n) is 5.64. The number of hydrogen-bond donors (Lipinski definition) is 1. The molecule has 1 saturated heterocycles. The highest BCUT2D eigenvalue weighted by atomic mass is 32.2. The van der Waals surface area contributed by atoms with Crippen molar-refractivity contribution in [3.05, 3.63) is 0 Å². The molecule has 2 rings (SSSR count). The maximum Gasteiger partial charge on any atom is 0.211 e. The summed E-state index contributed by atoms with van der Waals surface area (Å²) in [6.07, 6.45) is 4.28. The molecule has 2 fully saturated rings. The molecule has 0 amide bonds.